The summed E-state index contributed by atoms with van der Waals surface area (Å²) in [5.74, 6) is 0. The Balaban J connectivity index is 2.08. The van der Waals surface area contributed by atoms with Crippen LogP contribution in [-0.4, -0.2) is 34.1 Å². The highest BCUT2D eigenvalue weighted by Crippen LogP contribution is 2.43. The van der Waals surface area contributed by atoms with Crippen molar-refractivity contribution >= 4 is 10.9 Å². The lowest BCUT2D eigenvalue weighted by Gasteiger charge is -2.26. The monoisotopic (exact) mass is 299 g/mol. The van der Waals surface area contributed by atoms with Crippen molar-refractivity contribution < 1.29 is 0 Å². The Hall–Kier alpha value is -1.68. The van der Waals surface area contributed by atoms with Crippen LogP contribution in [0.1, 0.15) is 37.8 Å². The van der Waals surface area contributed by atoms with Gasteiger partial charge in [-0.3, -0.25) is 9.36 Å². The fraction of sp³-hybridized carbons (Fsp3) is 0.556. The van der Waals surface area contributed by atoms with Crippen molar-refractivity contribution in [1.82, 2.24) is 14.5 Å². The number of benzene rings is 1. The standard InChI is InChI=1S/C18H25N3O/c1-5-20(6-2)11-18(9-10-18)21-12-19-16-14(4)13(3)7-8-15(16)17(21)22/h7-8,12H,5-6,9-11H2,1-4H3. The lowest BCUT2D eigenvalue weighted by molar-refractivity contribution is 0.236. The quantitative estimate of drug-likeness (QED) is 0.852. The molecule has 1 saturated carbocycles. The van der Waals surface area contributed by atoms with Crippen molar-refractivity contribution in [2.75, 3.05) is 19.6 Å². The van der Waals surface area contributed by atoms with E-state index in [0.29, 0.717) is 0 Å². The zero-order chi connectivity index (χ0) is 15.9. The van der Waals surface area contributed by atoms with Crippen LogP contribution in [0, 0.1) is 13.8 Å². The average molecular weight is 299 g/mol. The van der Waals surface area contributed by atoms with Crippen molar-refractivity contribution in [3.63, 3.8) is 0 Å². The van der Waals surface area contributed by atoms with Gasteiger partial charge in [-0.25, -0.2) is 4.98 Å². The molecule has 3 rings (SSSR count). The first-order valence-corrected chi connectivity index (χ1v) is 8.23. The summed E-state index contributed by atoms with van der Waals surface area (Å²) >= 11 is 0. The molecule has 0 unspecified atom stereocenters. The number of aromatic nitrogens is 2. The first-order chi connectivity index (χ1) is 10.5. The maximum absolute atomic E-state index is 12.9. The third-order valence-electron chi connectivity index (χ3n) is 5.20. The molecule has 0 bridgehead atoms. The van der Waals surface area contributed by atoms with Gasteiger partial charge in [0.25, 0.3) is 5.56 Å². The van der Waals surface area contributed by atoms with Crippen LogP contribution >= 0.6 is 0 Å². The average Bonchev–Trinajstić information content (AvgIpc) is 3.29. The highest BCUT2D eigenvalue weighted by Gasteiger charge is 2.46. The topological polar surface area (TPSA) is 38.1 Å². The van der Waals surface area contributed by atoms with Gasteiger partial charge in [0.05, 0.1) is 22.8 Å². The van der Waals surface area contributed by atoms with E-state index in [1.807, 2.05) is 23.6 Å². The Labute approximate surface area is 131 Å². The van der Waals surface area contributed by atoms with E-state index >= 15 is 0 Å². The number of nitrogens with zero attached hydrogens (tertiary/aromatic N) is 3. The highest BCUT2D eigenvalue weighted by molar-refractivity contribution is 5.81. The molecule has 0 aliphatic heterocycles. The number of hydrogen-bond acceptors (Lipinski definition) is 3. The highest BCUT2D eigenvalue weighted by atomic mass is 16.1. The molecule has 118 valence electrons. The summed E-state index contributed by atoms with van der Waals surface area (Å²) in [4.78, 5) is 19.9. The molecule has 1 heterocycles. The molecule has 0 saturated heterocycles. The van der Waals surface area contributed by atoms with Crippen LogP contribution in [0.5, 0.6) is 0 Å². The molecule has 4 nitrogen and oxygen atoms in total. The van der Waals surface area contributed by atoms with Crippen molar-refractivity contribution in [3.8, 4) is 0 Å². The molecule has 1 fully saturated rings. The second-order valence-corrected chi connectivity index (χ2v) is 6.51. The zero-order valence-electron chi connectivity index (χ0n) is 14.0. The van der Waals surface area contributed by atoms with Crippen molar-refractivity contribution in [1.29, 1.82) is 0 Å². The minimum absolute atomic E-state index is 0.0386. The summed E-state index contributed by atoms with van der Waals surface area (Å²) in [6.45, 7) is 11.4. The molecular weight excluding hydrogens is 274 g/mol. The Bertz CT molecular complexity index is 755. The Kier molecular flexibility index (Phi) is 3.81. The first-order valence-electron chi connectivity index (χ1n) is 8.23. The number of aryl methyl sites for hydroxylation is 2. The van der Waals surface area contributed by atoms with Crippen LogP contribution in [0.3, 0.4) is 0 Å². The molecule has 0 radical (unpaired) electrons. The lowest BCUT2D eigenvalue weighted by atomic mass is 10.1. The van der Waals surface area contributed by atoms with E-state index in [1.165, 1.54) is 5.56 Å². The predicted molar refractivity (Wildman–Crippen MR) is 90.5 cm³/mol. The summed E-state index contributed by atoms with van der Waals surface area (Å²) in [5, 5.41) is 0.747. The number of rotatable bonds is 5. The smallest absolute Gasteiger partial charge is 0.261 e. The summed E-state index contributed by atoms with van der Waals surface area (Å²) < 4.78 is 1.89. The van der Waals surface area contributed by atoms with Gasteiger partial charge < -0.3 is 4.90 Å². The summed E-state index contributed by atoms with van der Waals surface area (Å²) in [6, 6.07) is 3.95. The van der Waals surface area contributed by atoms with Gasteiger partial charge in [0.1, 0.15) is 0 Å². The van der Waals surface area contributed by atoms with E-state index in [0.717, 1.165) is 48.9 Å². The van der Waals surface area contributed by atoms with E-state index < -0.39 is 0 Å². The normalized spacial score (nSPS) is 16.4. The second kappa shape index (κ2) is 5.51. The Morgan fingerprint density at radius 2 is 1.91 bits per heavy atom. The molecule has 1 aromatic carbocycles. The van der Waals surface area contributed by atoms with E-state index in [1.54, 1.807) is 6.33 Å². The molecule has 1 aromatic heterocycles. The van der Waals surface area contributed by atoms with Crippen molar-refractivity contribution in [3.05, 3.63) is 39.9 Å². The zero-order valence-corrected chi connectivity index (χ0v) is 14.0. The summed E-state index contributed by atoms with van der Waals surface area (Å²) in [7, 11) is 0. The third kappa shape index (κ3) is 2.35. The van der Waals surface area contributed by atoms with E-state index in [-0.39, 0.29) is 11.1 Å². The molecule has 0 N–H and O–H groups in total. The van der Waals surface area contributed by atoms with Gasteiger partial charge in [-0.2, -0.15) is 0 Å². The maximum Gasteiger partial charge on any atom is 0.261 e. The molecular formula is C18H25N3O. The number of hydrogen-bond donors (Lipinski definition) is 0. The maximum atomic E-state index is 12.9. The SMILES string of the molecule is CCN(CC)CC1(n2cnc3c(C)c(C)ccc3c2=O)CC1. The predicted octanol–water partition coefficient (Wildman–Crippen LogP) is 2.84. The fourth-order valence-electron chi connectivity index (χ4n) is 3.26. The number of fused-ring (bicyclic) bond motifs is 1. The van der Waals surface area contributed by atoms with E-state index in [2.05, 4.69) is 30.7 Å². The first kappa shape index (κ1) is 15.2. The minimum atomic E-state index is -0.0386. The van der Waals surface area contributed by atoms with Gasteiger partial charge in [-0.05, 0) is 57.0 Å². The van der Waals surface area contributed by atoms with Gasteiger partial charge in [0.15, 0.2) is 0 Å². The molecule has 1 aliphatic rings. The van der Waals surface area contributed by atoms with Crippen LogP contribution < -0.4 is 5.56 Å². The molecule has 2 aromatic rings. The van der Waals surface area contributed by atoms with E-state index in [9.17, 15) is 4.79 Å². The Morgan fingerprint density at radius 1 is 1.23 bits per heavy atom. The largest absolute Gasteiger partial charge is 0.302 e. The van der Waals surface area contributed by atoms with E-state index in [4.69, 9.17) is 0 Å². The molecule has 1 aliphatic carbocycles. The van der Waals surface area contributed by atoms with Gasteiger partial charge >= 0.3 is 0 Å². The molecule has 4 heteroatoms. The Morgan fingerprint density at radius 3 is 2.50 bits per heavy atom. The van der Waals surface area contributed by atoms with Crippen molar-refractivity contribution in [2.45, 2.75) is 46.1 Å². The molecule has 22 heavy (non-hydrogen) atoms. The van der Waals surface area contributed by atoms with Gasteiger partial charge in [-0.15, -0.1) is 0 Å². The van der Waals surface area contributed by atoms with Crippen LogP contribution in [0.15, 0.2) is 23.3 Å². The minimum Gasteiger partial charge on any atom is -0.302 e. The lowest BCUT2D eigenvalue weighted by Crippen LogP contribution is -2.40. The summed E-state index contributed by atoms with van der Waals surface area (Å²) in [5.41, 5.74) is 3.21. The molecule has 0 amide bonds. The van der Waals surface area contributed by atoms with Crippen LogP contribution in [0.2, 0.25) is 0 Å². The van der Waals surface area contributed by atoms with Gasteiger partial charge in [-0.1, -0.05) is 19.9 Å². The molecule has 0 spiro atoms. The second-order valence-electron chi connectivity index (χ2n) is 6.51. The van der Waals surface area contributed by atoms with Gasteiger partial charge in [0.2, 0.25) is 0 Å². The fourth-order valence-corrected chi connectivity index (χ4v) is 3.26. The van der Waals surface area contributed by atoms with Gasteiger partial charge in [0, 0.05) is 6.54 Å². The number of likely N-dealkylation sites (N-methyl/N-ethyl adjacent to an activating group) is 1. The molecule has 0 atom stereocenters. The van der Waals surface area contributed by atoms with Crippen LogP contribution in [0.25, 0.3) is 10.9 Å². The van der Waals surface area contributed by atoms with Crippen LogP contribution in [-0.2, 0) is 5.54 Å². The summed E-state index contributed by atoms with van der Waals surface area (Å²) in [6.07, 6.45) is 3.91. The van der Waals surface area contributed by atoms with Crippen LogP contribution in [0.4, 0.5) is 0 Å². The third-order valence-corrected chi connectivity index (χ3v) is 5.20. The van der Waals surface area contributed by atoms with Crippen molar-refractivity contribution in [2.24, 2.45) is 0 Å².